The van der Waals surface area contributed by atoms with Crippen LogP contribution < -0.4 is 0 Å². The highest BCUT2D eigenvalue weighted by molar-refractivity contribution is 9.10. The average molecular weight is 489 g/mol. The number of carbonyl (C=O) groups is 1. The molecule has 2 aromatic carbocycles. The number of aromatic nitrogens is 4. The number of pyridine rings is 1. The van der Waals surface area contributed by atoms with Gasteiger partial charge in [-0.1, -0.05) is 42.1 Å². The van der Waals surface area contributed by atoms with Crippen LogP contribution in [0.3, 0.4) is 0 Å². The monoisotopic (exact) mass is 488 g/mol. The van der Waals surface area contributed by atoms with Crippen molar-refractivity contribution in [2.75, 3.05) is 0 Å². The average Bonchev–Trinajstić information content (AvgIpc) is 3.21. The number of hydrogen-bond donors (Lipinski definition) is 0. The van der Waals surface area contributed by atoms with Gasteiger partial charge in [0.1, 0.15) is 5.03 Å². The summed E-state index contributed by atoms with van der Waals surface area (Å²) in [5.74, 6) is 0.0565. The Morgan fingerprint density at radius 1 is 1.06 bits per heavy atom. The SMILES string of the molecule is CC(=O)c1ccc(Sc2nc3c(-c4cnc5ccccc5c4)cnn3c(C)c2Br)cc1. The summed E-state index contributed by atoms with van der Waals surface area (Å²) >= 11 is 5.23. The lowest BCUT2D eigenvalue weighted by molar-refractivity contribution is 0.101. The Morgan fingerprint density at radius 2 is 1.84 bits per heavy atom. The first-order chi connectivity index (χ1) is 15.0. The molecule has 0 bridgehead atoms. The maximum absolute atomic E-state index is 11.5. The van der Waals surface area contributed by atoms with Gasteiger partial charge in [0.15, 0.2) is 11.4 Å². The van der Waals surface area contributed by atoms with E-state index < -0.39 is 0 Å². The van der Waals surface area contributed by atoms with Crippen LogP contribution in [0.1, 0.15) is 23.0 Å². The molecule has 5 aromatic rings. The fourth-order valence-corrected chi connectivity index (χ4v) is 4.81. The number of halogens is 1. The fraction of sp³-hybridized carbons (Fsp3) is 0.0833. The van der Waals surface area contributed by atoms with Gasteiger partial charge < -0.3 is 0 Å². The molecule has 0 aliphatic rings. The maximum atomic E-state index is 11.5. The number of ketones is 1. The summed E-state index contributed by atoms with van der Waals surface area (Å²) in [6, 6.07) is 17.7. The number of hydrogen-bond acceptors (Lipinski definition) is 5. The zero-order valence-electron chi connectivity index (χ0n) is 16.8. The van der Waals surface area contributed by atoms with Crippen molar-refractivity contribution >= 4 is 50.0 Å². The highest BCUT2D eigenvalue weighted by atomic mass is 79.9. The lowest BCUT2D eigenvalue weighted by Crippen LogP contribution is -2.00. The predicted molar refractivity (Wildman–Crippen MR) is 127 cm³/mol. The number of fused-ring (bicyclic) bond motifs is 2. The standard InChI is InChI=1S/C24H17BrN4OS/c1-14-22(25)24(31-19-9-7-16(8-10-19)15(2)30)28-23-20(13-27-29(14)23)18-11-17-5-3-4-6-21(17)26-12-18/h3-13H,1-2H3. The van der Waals surface area contributed by atoms with Gasteiger partial charge in [-0.15, -0.1) is 0 Å². The van der Waals surface area contributed by atoms with E-state index in [-0.39, 0.29) is 5.78 Å². The van der Waals surface area contributed by atoms with Crippen molar-refractivity contribution in [2.45, 2.75) is 23.8 Å². The molecule has 0 spiro atoms. The topological polar surface area (TPSA) is 60.2 Å². The molecule has 5 rings (SSSR count). The molecule has 0 atom stereocenters. The van der Waals surface area contributed by atoms with Gasteiger partial charge in [-0.25, -0.2) is 9.50 Å². The van der Waals surface area contributed by atoms with E-state index in [9.17, 15) is 4.79 Å². The molecule has 31 heavy (non-hydrogen) atoms. The van der Waals surface area contributed by atoms with E-state index >= 15 is 0 Å². The molecule has 0 radical (unpaired) electrons. The first kappa shape index (κ1) is 19.9. The van der Waals surface area contributed by atoms with E-state index in [1.807, 2.05) is 66.3 Å². The molecule has 0 saturated heterocycles. The molecule has 3 aromatic heterocycles. The third-order valence-electron chi connectivity index (χ3n) is 5.15. The quantitative estimate of drug-likeness (QED) is 0.217. The van der Waals surface area contributed by atoms with Crippen LogP contribution in [-0.2, 0) is 0 Å². The maximum Gasteiger partial charge on any atom is 0.164 e. The van der Waals surface area contributed by atoms with E-state index in [1.54, 1.807) is 18.7 Å². The van der Waals surface area contributed by atoms with Crippen molar-refractivity contribution in [3.05, 3.63) is 82.7 Å². The Labute approximate surface area is 191 Å². The lowest BCUT2D eigenvalue weighted by Gasteiger charge is -2.10. The number of benzene rings is 2. The number of para-hydroxylation sites is 1. The lowest BCUT2D eigenvalue weighted by atomic mass is 10.1. The molecule has 3 heterocycles. The van der Waals surface area contributed by atoms with Gasteiger partial charge in [0.05, 0.1) is 21.9 Å². The van der Waals surface area contributed by atoms with Gasteiger partial charge in [0.25, 0.3) is 0 Å². The Kier molecular flexibility index (Phi) is 5.08. The van der Waals surface area contributed by atoms with E-state index in [2.05, 4.69) is 38.1 Å². The molecule has 5 nitrogen and oxygen atoms in total. The van der Waals surface area contributed by atoms with Crippen LogP contribution in [0.4, 0.5) is 0 Å². The summed E-state index contributed by atoms with van der Waals surface area (Å²) < 4.78 is 2.74. The van der Waals surface area contributed by atoms with Crippen molar-refractivity contribution in [1.29, 1.82) is 0 Å². The number of rotatable bonds is 4. The van der Waals surface area contributed by atoms with Crippen LogP contribution in [-0.4, -0.2) is 25.4 Å². The minimum atomic E-state index is 0.0565. The molecule has 152 valence electrons. The van der Waals surface area contributed by atoms with Crippen molar-refractivity contribution in [3.63, 3.8) is 0 Å². The number of Topliss-reactive ketones (excluding diaryl/α,β-unsaturated/α-hetero) is 1. The summed E-state index contributed by atoms with van der Waals surface area (Å²) in [5, 5.41) is 6.49. The van der Waals surface area contributed by atoms with E-state index in [4.69, 9.17) is 4.98 Å². The number of aryl methyl sites for hydroxylation is 1. The summed E-state index contributed by atoms with van der Waals surface area (Å²) in [7, 11) is 0. The molecule has 0 unspecified atom stereocenters. The van der Waals surface area contributed by atoms with Gasteiger partial charge in [0.2, 0.25) is 0 Å². The van der Waals surface area contributed by atoms with Crippen LogP contribution in [0.2, 0.25) is 0 Å². The third-order valence-corrected chi connectivity index (χ3v) is 7.36. The van der Waals surface area contributed by atoms with Gasteiger partial charge in [-0.05, 0) is 54.0 Å². The second kappa shape index (κ2) is 7.90. The summed E-state index contributed by atoms with van der Waals surface area (Å²) in [6.45, 7) is 3.58. The first-order valence-corrected chi connectivity index (χ1v) is 11.3. The molecule has 7 heteroatoms. The normalized spacial score (nSPS) is 11.3. The van der Waals surface area contributed by atoms with Gasteiger partial charge in [-0.2, -0.15) is 5.10 Å². The first-order valence-electron chi connectivity index (χ1n) is 9.69. The number of nitrogens with zero attached hydrogens (tertiary/aromatic N) is 4. The minimum Gasteiger partial charge on any atom is -0.295 e. The number of carbonyl (C=O) groups excluding carboxylic acids is 1. The highest BCUT2D eigenvalue weighted by Crippen LogP contribution is 2.36. The molecule has 0 saturated carbocycles. The predicted octanol–water partition coefficient (Wildman–Crippen LogP) is 6.37. The summed E-state index contributed by atoms with van der Waals surface area (Å²) in [4.78, 5) is 22.1. The van der Waals surface area contributed by atoms with Crippen LogP contribution in [0, 0.1) is 6.92 Å². The Bertz CT molecular complexity index is 1460. The Balaban J connectivity index is 1.60. The van der Waals surface area contributed by atoms with Crippen molar-refractivity contribution in [3.8, 4) is 11.1 Å². The zero-order valence-corrected chi connectivity index (χ0v) is 19.2. The van der Waals surface area contributed by atoms with E-state index in [0.29, 0.717) is 5.56 Å². The van der Waals surface area contributed by atoms with Crippen LogP contribution in [0.25, 0.3) is 27.7 Å². The second-order valence-corrected chi connectivity index (χ2v) is 9.06. The van der Waals surface area contributed by atoms with Gasteiger partial charge >= 0.3 is 0 Å². The van der Waals surface area contributed by atoms with Gasteiger partial charge in [-0.3, -0.25) is 9.78 Å². The fourth-order valence-electron chi connectivity index (χ4n) is 3.45. The van der Waals surface area contributed by atoms with Crippen LogP contribution in [0.15, 0.2) is 81.4 Å². The molecule has 0 aliphatic heterocycles. The third kappa shape index (κ3) is 3.64. The molecular formula is C24H17BrN4OS. The molecular weight excluding hydrogens is 472 g/mol. The molecule has 0 amide bonds. The summed E-state index contributed by atoms with van der Waals surface area (Å²) in [5.41, 5.74) is 5.31. The second-order valence-electron chi connectivity index (χ2n) is 7.21. The Hall–Kier alpha value is -3.03. The largest absolute Gasteiger partial charge is 0.295 e. The smallest absolute Gasteiger partial charge is 0.164 e. The zero-order chi connectivity index (χ0) is 21.5. The van der Waals surface area contributed by atoms with Gasteiger partial charge in [0, 0.05) is 33.2 Å². The van der Waals surface area contributed by atoms with Crippen LogP contribution in [0.5, 0.6) is 0 Å². The van der Waals surface area contributed by atoms with E-state index in [0.717, 1.165) is 47.8 Å². The van der Waals surface area contributed by atoms with Crippen molar-refractivity contribution < 1.29 is 4.79 Å². The van der Waals surface area contributed by atoms with Crippen molar-refractivity contribution in [1.82, 2.24) is 19.6 Å². The molecule has 0 fully saturated rings. The Morgan fingerprint density at radius 3 is 2.61 bits per heavy atom. The van der Waals surface area contributed by atoms with E-state index in [1.165, 1.54) is 0 Å². The highest BCUT2D eigenvalue weighted by Gasteiger charge is 2.17. The van der Waals surface area contributed by atoms with Crippen molar-refractivity contribution in [2.24, 2.45) is 0 Å². The van der Waals surface area contributed by atoms with Crippen LogP contribution >= 0.6 is 27.7 Å². The summed E-state index contributed by atoms with van der Waals surface area (Å²) in [6.07, 6.45) is 3.70. The molecule has 0 N–H and O–H groups in total. The minimum absolute atomic E-state index is 0.0565. The molecule has 0 aliphatic carbocycles.